The van der Waals surface area contributed by atoms with Crippen molar-refractivity contribution in [3.05, 3.63) is 22.2 Å². The van der Waals surface area contributed by atoms with Crippen LogP contribution in [0.4, 0.5) is 0 Å². The molecule has 0 radical (unpaired) electrons. The van der Waals surface area contributed by atoms with Crippen LogP contribution >= 0.6 is 11.3 Å². The molecule has 6 nitrogen and oxygen atoms in total. The third-order valence-corrected chi connectivity index (χ3v) is 3.53. The Morgan fingerprint density at radius 3 is 2.95 bits per heavy atom. The number of nitrogens with one attached hydrogen (secondary N) is 1. The molecule has 100 valence electrons. The summed E-state index contributed by atoms with van der Waals surface area (Å²) in [6, 6.07) is -0.646. The largest absolute Gasteiger partial charge is 0.318 e. The summed E-state index contributed by atoms with van der Waals surface area (Å²) in [5.74, 6) is -1.29. The van der Waals surface area contributed by atoms with Gasteiger partial charge in [0.05, 0.1) is 10.7 Å². The quantitative estimate of drug-likeness (QED) is 0.625. The lowest BCUT2D eigenvalue weighted by Crippen LogP contribution is -2.58. The van der Waals surface area contributed by atoms with Gasteiger partial charge in [0, 0.05) is 11.5 Å². The van der Waals surface area contributed by atoms with Gasteiger partial charge in [0.15, 0.2) is 0 Å². The van der Waals surface area contributed by atoms with Crippen molar-refractivity contribution in [1.82, 2.24) is 15.2 Å². The summed E-state index contributed by atoms with van der Waals surface area (Å²) >= 11 is 1.49. The Hall–Kier alpha value is -2.02. The van der Waals surface area contributed by atoms with Crippen molar-refractivity contribution in [2.45, 2.75) is 19.9 Å². The summed E-state index contributed by atoms with van der Waals surface area (Å²) in [5, 5.41) is 4.92. The molecule has 7 heteroatoms. The maximum atomic E-state index is 12.0. The summed E-state index contributed by atoms with van der Waals surface area (Å²) in [6.45, 7) is 3.35. The summed E-state index contributed by atoms with van der Waals surface area (Å²) in [5.41, 5.74) is 0.691. The monoisotopic (exact) mass is 279 g/mol. The van der Waals surface area contributed by atoms with Gasteiger partial charge in [0.1, 0.15) is 12.6 Å². The Morgan fingerprint density at radius 1 is 1.58 bits per heavy atom. The molecular weight excluding hydrogens is 266 g/mol. The van der Waals surface area contributed by atoms with Gasteiger partial charge in [0.25, 0.3) is 0 Å². The first-order valence-corrected chi connectivity index (χ1v) is 6.60. The van der Waals surface area contributed by atoms with E-state index in [1.807, 2.05) is 12.3 Å². The smallest absolute Gasteiger partial charge is 0.249 e. The van der Waals surface area contributed by atoms with Crippen molar-refractivity contribution < 1.29 is 14.4 Å². The number of carbonyl (C=O) groups is 3. The predicted molar refractivity (Wildman–Crippen MR) is 70.2 cm³/mol. The third-order valence-electron chi connectivity index (χ3n) is 2.74. The summed E-state index contributed by atoms with van der Waals surface area (Å²) in [4.78, 5) is 40.1. The molecule has 1 aromatic heterocycles. The first-order chi connectivity index (χ1) is 8.97. The fraction of sp³-hybridized carbons (Fsp3) is 0.333. The zero-order valence-electron chi connectivity index (χ0n) is 10.5. The van der Waals surface area contributed by atoms with Crippen LogP contribution in [0.2, 0.25) is 0 Å². The van der Waals surface area contributed by atoms with Crippen LogP contribution in [0.5, 0.6) is 0 Å². The van der Waals surface area contributed by atoms with Gasteiger partial charge >= 0.3 is 0 Å². The lowest BCUT2D eigenvalue weighted by Gasteiger charge is -2.30. The Morgan fingerprint density at radius 2 is 2.32 bits per heavy atom. The minimum atomic E-state index is -0.646. The van der Waals surface area contributed by atoms with E-state index in [0.29, 0.717) is 5.69 Å². The van der Waals surface area contributed by atoms with Crippen molar-refractivity contribution in [3.63, 3.8) is 0 Å². The predicted octanol–water partition coefficient (Wildman–Crippen LogP) is 0.338. The molecule has 1 saturated heterocycles. The molecule has 19 heavy (non-hydrogen) atoms. The summed E-state index contributed by atoms with van der Waals surface area (Å²) in [6.07, 6.45) is 2.91. The minimum absolute atomic E-state index is 0.105. The number of piperazine rings is 1. The average molecular weight is 279 g/mol. The second kappa shape index (κ2) is 5.31. The number of aromatic nitrogens is 1. The zero-order valence-corrected chi connectivity index (χ0v) is 11.4. The maximum Gasteiger partial charge on any atom is 0.249 e. The van der Waals surface area contributed by atoms with Crippen LogP contribution in [0.1, 0.15) is 17.6 Å². The van der Waals surface area contributed by atoms with E-state index in [1.54, 1.807) is 13.0 Å². The number of amides is 3. The minimum Gasteiger partial charge on any atom is -0.318 e. The molecule has 1 aliphatic rings. The fourth-order valence-corrected chi connectivity index (χ4v) is 2.27. The molecule has 3 amide bonds. The first kappa shape index (κ1) is 13.4. The highest BCUT2D eigenvalue weighted by Gasteiger charge is 2.32. The molecule has 0 aliphatic carbocycles. The summed E-state index contributed by atoms with van der Waals surface area (Å²) in [7, 11) is 0. The third kappa shape index (κ3) is 3.05. The van der Waals surface area contributed by atoms with Gasteiger partial charge in [0.2, 0.25) is 17.7 Å². The van der Waals surface area contributed by atoms with Crippen molar-refractivity contribution in [3.8, 4) is 0 Å². The fourth-order valence-electron chi connectivity index (χ4n) is 1.69. The van der Waals surface area contributed by atoms with Gasteiger partial charge in [-0.15, -0.1) is 11.3 Å². The highest BCUT2D eigenvalue weighted by molar-refractivity contribution is 7.09. The number of rotatable bonds is 2. The van der Waals surface area contributed by atoms with Crippen LogP contribution in [0.25, 0.3) is 6.08 Å². The van der Waals surface area contributed by atoms with Crippen molar-refractivity contribution in [1.29, 1.82) is 0 Å². The lowest BCUT2D eigenvalue weighted by molar-refractivity contribution is -0.147. The molecule has 1 unspecified atom stereocenters. The number of nitrogens with zero attached hydrogens (tertiary/aromatic N) is 2. The Balaban J connectivity index is 2.08. The van der Waals surface area contributed by atoms with E-state index in [-0.39, 0.29) is 12.5 Å². The van der Waals surface area contributed by atoms with Crippen LogP contribution in [0.3, 0.4) is 0 Å². The first-order valence-electron chi connectivity index (χ1n) is 5.72. The Labute approximate surface area is 114 Å². The SMILES string of the molecule is Cc1nc(C=CC(=O)N2CC(=O)NC(=O)C2C)cs1. The number of imide groups is 1. The van der Waals surface area contributed by atoms with Crippen molar-refractivity contribution in [2.24, 2.45) is 0 Å². The molecule has 0 saturated carbocycles. The number of thiazole rings is 1. The number of carbonyl (C=O) groups excluding carboxylic acids is 3. The molecule has 1 atom stereocenters. The molecule has 0 bridgehead atoms. The average Bonchev–Trinajstić information content (AvgIpc) is 2.76. The van der Waals surface area contributed by atoms with Gasteiger partial charge in [-0.25, -0.2) is 4.98 Å². The van der Waals surface area contributed by atoms with E-state index in [4.69, 9.17) is 0 Å². The van der Waals surface area contributed by atoms with E-state index < -0.39 is 17.9 Å². The van der Waals surface area contributed by atoms with Gasteiger partial charge in [-0.05, 0) is 19.9 Å². The van der Waals surface area contributed by atoms with E-state index >= 15 is 0 Å². The molecule has 2 heterocycles. The normalized spacial score (nSPS) is 19.9. The highest BCUT2D eigenvalue weighted by Crippen LogP contribution is 2.11. The molecule has 1 N–H and O–H groups in total. The van der Waals surface area contributed by atoms with Gasteiger partial charge in [-0.2, -0.15) is 0 Å². The highest BCUT2D eigenvalue weighted by atomic mass is 32.1. The molecule has 1 aliphatic heterocycles. The number of hydrogen-bond donors (Lipinski definition) is 1. The standard InChI is InChI=1S/C12H13N3O3S/c1-7-12(18)14-10(16)5-15(7)11(17)4-3-9-6-19-8(2)13-9/h3-4,6-7H,5H2,1-2H3,(H,14,16,18). The van der Waals surface area contributed by atoms with Crippen LogP contribution in [0, 0.1) is 6.92 Å². The topological polar surface area (TPSA) is 79.4 Å². The van der Waals surface area contributed by atoms with Crippen molar-refractivity contribution in [2.75, 3.05) is 6.54 Å². The van der Waals surface area contributed by atoms with Crippen molar-refractivity contribution >= 4 is 35.1 Å². The zero-order chi connectivity index (χ0) is 14.0. The summed E-state index contributed by atoms with van der Waals surface area (Å²) < 4.78 is 0. The molecular formula is C12H13N3O3S. The number of hydrogen-bond acceptors (Lipinski definition) is 5. The molecule has 1 fully saturated rings. The van der Waals surface area contributed by atoms with E-state index in [0.717, 1.165) is 5.01 Å². The number of aryl methyl sites for hydroxylation is 1. The van der Waals surface area contributed by atoms with Crippen LogP contribution in [-0.4, -0.2) is 40.2 Å². The molecule has 0 spiro atoms. The van der Waals surface area contributed by atoms with E-state index in [2.05, 4.69) is 10.3 Å². The van der Waals surface area contributed by atoms with Crippen LogP contribution in [-0.2, 0) is 14.4 Å². The second-order valence-corrected chi connectivity index (χ2v) is 5.24. The molecule has 2 rings (SSSR count). The lowest BCUT2D eigenvalue weighted by atomic mass is 10.2. The molecule has 0 aromatic carbocycles. The van der Waals surface area contributed by atoms with Crippen LogP contribution < -0.4 is 5.32 Å². The van der Waals surface area contributed by atoms with Gasteiger partial charge < -0.3 is 4.90 Å². The van der Waals surface area contributed by atoms with E-state index in [9.17, 15) is 14.4 Å². The maximum absolute atomic E-state index is 12.0. The van der Waals surface area contributed by atoms with E-state index in [1.165, 1.54) is 22.3 Å². The molecule has 1 aromatic rings. The van der Waals surface area contributed by atoms with Gasteiger partial charge in [-0.1, -0.05) is 0 Å². The Bertz CT molecular complexity index is 564. The van der Waals surface area contributed by atoms with Gasteiger partial charge in [-0.3, -0.25) is 19.7 Å². The van der Waals surface area contributed by atoms with Crippen LogP contribution in [0.15, 0.2) is 11.5 Å². The second-order valence-electron chi connectivity index (χ2n) is 4.18. The Kier molecular flexibility index (Phi) is 3.75.